The van der Waals surface area contributed by atoms with Crippen molar-refractivity contribution in [1.82, 2.24) is 10.2 Å². The highest BCUT2D eigenvalue weighted by molar-refractivity contribution is 6.31. The standard InChI is InChI=1S/C25H25ClN4O3/c1-17-7-5-6-12-25(17)23(32)30(24(33)28-25)16-22(31)29(15-18-8-3-2-4-9-18)21-13-20(26)11-10-19(21)14-27/h2-4,8-11,13,17H,5-7,12,15-16H2,1H3,(H,28,33)/t17-,25+/m0/s1. The van der Waals surface area contributed by atoms with Crippen LogP contribution in [0.4, 0.5) is 10.5 Å². The second-order valence-corrected chi connectivity index (χ2v) is 9.11. The molecule has 170 valence electrons. The Kier molecular flexibility index (Phi) is 6.39. The van der Waals surface area contributed by atoms with Crippen LogP contribution in [0.5, 0.6) is 0 Å². The lowest BCUT2D eigenvalue weighted by Crippen LogP contribution is -2.54. The smallest absolute Gasteiger partial charge is 0.323 e. The van der Waals surface area contributed by atoms with Gasteiger partial charge in [0.25, 0.3) is 5.91 Å². The summed E-state index contributed by atoms with van der Waals surface area (Å²) in [6, 6.07) is 15.5. The largest absolute Gasteiger partial charge is 0.325 e. The SMILES string of the molecule is C[C@H]1CCCC[C@@]12NC(=O)N(CC(=O)N(Cc1ccccc1)c1cc(Cl)ccc1C#N)C2=O. The third-order valence-electron chi connectivity index (χ3n) is 6.65. The zero-order chi connectivity index (χ0) is 23.6. The van der Waals surface area contributed by atoms with Gasteiger partial charge in [0.15, 0.2) is 0 Å². The summed E-state index contributed by atoms with van der Waals surface area (Å²) in [5, 5.41) is 12.9. The molecule has 1 aliphatic heterocycles. The van der Waals surface area contributed by atoms with Gasteiger partial charge < -0.3 is 10.2 Å². The number of carbonyl (C=O) groups is 3. The third kappa shape index (κ3) is 4.31. The Morgan fingerprint density at radius 2 is 2.00 bits per heavy atom. The molecule has 1 saturated carbocycles. The van der Waals surface area contributed by atoms with E-state index in [2.05, 4.69) is 11.4 Å². The highest BCUT2D eigenvalue weighted by atomic mass is 35.5. The van der Waals surface area contributed by atoms with E-state index < -0.39 is 24.0 Å². The predicted octanol–water partition coefficient (Wildman–Crippen LogP) is 4.25. The van der Waals surface area contributed by atoms with Crippen LogP contribution in [0.15, 0.2) is 48.5 Å². The molecule has 1 saturated heterocycles. The van der Waals surface area contributed by atoms with E-state index in [9.17, 15) is 19.6 Å². The van der Waals surface area contributed by atoms with Crippen LogP contribution in [0.1, 0.15) is 43.7 Å². The molecule has 4 rings (SSSR count). The number of nitrogens with zero attached hydrogens (tertiary/aromatic N) is 3. The molecule has 2 aliphatic rings. The van der Waals surface area contributed by atoms with Crippen LogP contribution in [-0.4, -0.2) is 34.8 Å². The minimum atomic E-state index is -0.937. The molecule has 7 nitrogen and oxygen atoms in total. The zero-order valence-electron chi connectivity index (χ0n) is 18.4. The zero-order valence-corrected chi connectivity index (χ0v) is 19.1. The molecule has 2 fully saturated rings. The summed E-state index contributed by atoms with van der Waals surface area (Å²) in [6.07, 6.45) is 3.29. The molecule has 1 spiro atoms. The van der Waals surface area contributed by atoms with E-state index in [1.165, 1.54) is 4.90 Å². The van der Waals surface area contributed by atoms with E-state index in [1.807, 2.05) is 37.3 Å². The Balaban J connectivity index is 1.65. The van der Waals surface area contributed by atoms with Gasteiger partial charge in [-0.1, -0.05) is 61.7 Å². The van der Waals surface area contributed by atoms with E-state index in [-0.39, 0.29) is 23.9 Å². The summed E-state index contributed by atoms with van der Waals surface area (Å²) in [6.45, 7) is 1.72. The predicted molar refractivity (Wildman–Crippen MR) is 124 cm³/mol. The summed E-state index contributed by atoms with van der Waals surface area (Å²) in [5.41, 5.74) is 0.516. The van der Waals surface area contributed by atoms with E-state index in [0.29, 0.717) is 17.1 Å². The lowest BCUT2D eigenvalue weighted by molar-refractivity contribution is -0.136. The van der Waals surface area contributed by atoms with Gasteiger partial charge in [0.05, 0.1) is 17.8 Å². The number of urea groups is 1. The second-order valence-electron chi connectivity index (χ2n) is 8.68. The Morgan fingerprint density at radius 3 is 2.70 bits per heavy atom. The summed E-state index contributed by atoms with van der Waals surface area (Å²) >= 11 is 6.18. The van der Waals surface area contributed by atoms with E-state index in [0.717, 1.165) is 29.7 Å². The first kappa shape index (κ1) is 22.8. The molecular weight excluding hydrogens is 440 g/mol. The van der Waals surface area contributed by atoms with Crippen LogP contribution < -0.4 is 10.2 Å². The minimum Gasteiger partial charge on any atom is -0.323 e. The molecule has 1 heterocycles. The number of carbonyl (C=O) groups excluding carboxylic acids is 3. The van der Waals surface area contributed by atoms with Gasteiger partial charge in [0.1, 0.15) is 18.2 Å². The van der Waals surface area contributed by atoms with Crippen LogP contribution in [0.3, 0.4) is 0 Å². The van der Waals surface area contributed by atoms with Gasteiger partial charge >= 0.3 is 6.03 Å². The molecule has 1 aliphatic carbocycles. The maximum Gasteiger partial charge on any atom is 0.325 e. The molecule has 33 heavy (non-hydrogen) atoms. The van der Waals surface area contributed by atoms with Gasteiger partial charge in [-0.3, -0.25) is 14.5 Å². The van der Waals surface area contributed by atoms with Gasteiger partial charge in [-0.05, 0) is 42.5 Å². The van der Waals surface area contributed by atoms with Gasteiger partial charge in [0.2, 0.25) is 5.91 Å². The molecule has 0 radical (unpaired) electrons. The number of hydrogen-bond acceptors (Lipinski definition) is 4. The van der Waals surface area contributed by atoms with Crippen LogP contribution in [0, 0.1) is 17.2 Å². The highest BCUT2D eigenvalue weighted by Gasteiger charge is 2.55. The maximum absolute atomic E-state index is 13.5. The molecule has 2 aromatic carbocycles. The number of halogens is 1. The lowest BCUT2D eigenvalue weighted by Gasteiger charge is -2.36. The Labute approximate surface area is 197 Å². The lowest BCUT2D eigenvalue weighted by atomic mass is 9.73. The summed E-state index contributed by atoms with van der Waals surface area (Å²) in [4.78, 5) is 42.1. The topological polar surface area (TPSA) is 93.5 Å². The van der Waals surface area contributed by atoms with Crippen molar-refractivity contribution in [3.05, 3.63) is 64.7 Å². The van der Waals surface area contributed by atoms with Crippen molar-refractivity contribution in [3.8, 4) is 6.07 Å². The number of benzene rings is 2. The third-order valence-corrected chi connectivity index (χ3v) is 6.89. The highest BCUT2D eigenvalue weighted by Crippen LogP contribution is 2.38. The van der Waals surface area contributed by atoms with Crippen LogP contribution in [0.2, 0.25) is 5.02 Å². The number of nitrogens with one attached hydrogen (secondary N) is 1. The van der Waals surface area contributed by atoms with Crippen molar-refractivity contribution in [1.29, 1.82) is 5.26 Å². The fourth-order valence-corrected chi connectivity index (χ4v) is 4.92. The minimum absolute atomic E-state index is 0.00125. The van der Waals surface area contributed by atoms with Gasteiger partial charge in [0, 0.05) is 5.02 Å². The Morgan fingerprint density at radius 1 is 1.24 bits per heavy atom. The van der Waals surface area contributed by atoms with Crippen molar-refractivity contribution >= 4 is 35.1 Å². The molecule has 8 heteroatoms. The van der Waals surface area contributed by atoms with E-state index >= 15 is 0 Å². The van der Waals surface area contributed by atoms with E-state index in [4.69, 9.17) is 11.6 Å². The summed E-state index contributed by atoms with van der Waals surface area (Å²) in [7, 11) is 0. The first-order chi connectivity index (χ1) is 15.9. The quantitative estimate of drug-likeness (QED) is 0.669. The van der Waals surface area contributed by atoms with Crippen LogP contribution in [-0.2, 0) is 16.1 Å². The molecule has 1 N–H and O–H groups in total. The fraction of sp³-hybridized carbons (Fsp3) is 0.360. The van der Waals surface area contributed by atoms with Crippen molar-refractivity contribution in [3.63, 3.8) is 0 Å². The Bertz CT molecular complexity index is 1130. The molecular formula is C25H25ClN4O3. The molecule has 4 amide bonds. The number of amides is 4. The normalized spacial score (nSPS) is 22.2. The molecule has 2 atom stereocenters. The fourth-order valence-electron chi connectivity index (χ4n) is 4.76. The first-order valence-corrected chi connectivity index (χ1v) is 11.4. The number of anilines is 1. The van der Waals surface area contributed by atoms with E-state index in [1.54, 1.807) is 18.2 Å². The number of nitriles is 1. The number of hydrogen-bond donors (Lipinski definition) is 1. The molecule has 0 bridgehead atoms. The van der Waals surface area contributed by atoms with Crippen molar-refractivity contribution < 1.29 is 14.4 Å². The number of imide groups is 1. The average Bonchev–Trinajstić information content (AvgIpc) is 3.05. The summed E-state index contributed by atoms with van der Waals surface area (Å²) < 4.78 is 0. The number of rotatable bonds is 5. The van der Waals surface area contributed by atoms with Crippen LogP contribution >= 0.6 is 11.6 Å². The monoisotopic (exact) mass is 464 g/mol. The van der Waals surface area contributed by atoms with Crippen molar-refractivity contribution in [2.75, 3.05) is 11.4 Å². The average molecular weight is 465 g/mol. The maximum atomic E-state index is 13.5. The van der Waals surface area contributed by atoms with Crippen LogP contribution in [0.25, 0.3) is 0 Å². The summed E-state index contributed by atoms with van der Waals surface area (Å²) in [5.74, 6) is -0.817. The molecule has 0 aromatic heterocycles. The molecule has 2 aromatic rings. The Hall–Kier alpha value is -3.37. The first-order valence-electron chi connectivity index (χ1n) is 11.0. The van der Waals surface area contributed by atoms with Gasteiger partial charge in [-0.15, -0.1) is 0 Å². The van der Waals surface area contributed by atoms with Gasteiger partial charge in [-0.25, -0.2) is 4.79 Å². The molecule has 0 unspecified atom stereocenters. The van der Waals surface area contributed by atoms with Gasteiger partial charge in [-0.2, -0.15) is 5.26 Å². The second kappa shape index (κ2) is 9.24. The van der Waals surface area contributed by atoms with Crippen molar-refractivity contribution in [2.24, 2.45) is 5.92 Å². The van der Waals surface area contributed by atoms with Crippen molar-refractivity contribution in [2.45, 2.75) is 44.7 Å².